The number of fused-ring (bicyclic) bond motifs is 1. The molecule has 0 fully saturated rings. The molecule has 23 heavy (non-hydrogen) atoms. The first-order valence-electron chi connectivity index (χ1n) is 7.72. The number of nitrogens with two attached hydrogens (primary N) is 1. The molecule has 1 aromatic heterocycles. The number of carboxylic acids is 1. The van der Waals surface area contributed by atoms with Crippen LogP contribution in [0, 0.1) is 5.92 Å². The van der Waals surface area contributed by atoms with Gasteiger partial charge in [-0.25, -0.2) is 4.79 Å². The summed E-state index contributed by atoms with van der Waals surface area (Å²) in [5, 5.41) is 12.7. The van der Waals surface area contributed by atoms with Crippen LogP contribution in [0.25, 0.3) is 10.9 Å². The fourth-order valence-electron chi connectivity index (χ4n) is 2.60. The lowest BCUT2D eigenvalue weighted by Gasteiger charge is -2.19. The predicted molar refractivity (Wildman–Crippen MR) is 89.0 cm³/mol. The van der Waals surface area contributed by atoms with Crippen molar-refractivity contribution in [2.75, 3.05) is 0 Å². The van der Waals surface area contributed by atoms with Crippen molar-refractivity contribution in [3.05, 3.63) is 36.0 Å². The predicted octanol–water partition coefficient (Wildman–Crippen LogP) is 1.65. The lowest BCUT2D eigenvalue weighted by molar-refractivity contribution is -0.142. The van der Waals surface area contributed by atoms with Crippen molar-refractivity contribution >= 4 is 22.8 Å². The summed E-state index contributed by atoms with van der Waals surface area (Å²) in [7, 11) is 0. The third-order valence-corrected chi connectivity index (χ3v) is 3.77. The topological polar surface area (TPSA) is 108 Å². The zero-order valence-electron chi connectivity index (χ0n) is 13.4. The van der Waals surface area contributed by atoms with E-state index in [1.165, 1.54) is 0 Å². The molecule has 0 saturated carbocycles. The van der Waals surface area contributed by atoms with Gasteiger partial charge in [-0.1, -0.05) is 32.0 Å². The molecule has 0 spiro atoms. The number of para-hydroxylation sites is 1. The molecule has 0 aliphatic rings. The second-order valence-corrected chi connectivity index (χ2v) is 6.20. The molecule has 0 saturated heterocycles. The minimum atomic E-state index is -1.04. The first-order chi connectivity index (χ1) is 10.9. The van der Waals surface area contributed by atoms with Crippen LogP contribution < -0.4 is 11.1 Å². The second kappa shape index (κ2) is 7.28. The third kappa shape index (κ3) is 4.32. The maximum absolute atomic E-state index is 12.2. The molecule has 2 aromatic rings. The number of carbonyl (C=O) groups excluding carboxylic acids is 1. The van der Waals surface area contributed by atoms with Gasteiger partial charge in [-0.15, -0.1) is 0 Å². The van der Waals surface area contributed by atoms with E-state index in [4.69, 9.17) is 5.73 Å². The van der Waals surface area contributed by atoms with Gasteiger partial charge >= 0.3 is 5.97 Å². The zero-order valence-corrected chi connectivity index (χ0v) is 13.4. The molecule has 1 amide bonds. The quantitative estimate of drug-likeness (QED) is 0.622. The highest BCUT2D eigenvalue weighted by atomic mass is 16.4. The second-order valence-electron chi connectivity index (χ2n) is 6.20. The number of benzene rings is 1. The van der Waals surface area contributed by atoms with Crippen molar-refractivity contribution in [3.63, 3.8) is 0 Å². The fraction of sp³-hybridized carbons (Fsp3) is 0.412. The summed E-state index contributed by atoms with van der Waals surface area (Å²) in [4.78, 5) is 26.6. The summed E-state index contributed by atoms with van der Waals surface area (Å²) in [5.41, 5.74) is 7.89. The van der Waals surface area contributed by atoms with Crippen LogP contribution in [-0.4, -0.2) is 34.1 Å². The Balaban J connectivity index is 2.03. The highest BCUT2D eigenvalue weighted by Gasteiger charge is 2.24. The normalized spacial score (nSPS) is 13.9. The van der Waals surface area contributed by atoms with Crippen LogP contribution in [0.5, 0.6) is 0 Å². The number of nitrogens with one attached hydrogen (secondary N) is 2. The summed E-state index contributed by atoms with van der Waals surface area (Å²) in [6.45, 7) is 3.82. The molecule has 0 bridgehead atoms. The van der Waals surface area contributed by atoms with Gasteiger partial charge in [-0.3, -0.25) is 4.79 Å². The Kier molecular flexibility index (Phi) is 5.39. The van der Waals surface area contributed by atoms with Crippen LogP contribution in [-0.2, 0) is 16.0 Å². The van der Waals surface area contributed by atoms with Gasteiger partial charge in [0.25, 0.3) is 0 Å². The standard InChI is InChI=1S/C17H23N3O3/c1-10(2)7-15(17(22)23)20-16(21)13(18)8-11-9-19-14-6-4-3-5-12(11)14/h3-6,9-10,13,15,19H,7-8,18H2,1-2H3,(H,20,21)(H,22,23)/t13-,15-/m1/s1. The Morgan fingerprint density at radius 1 is 1.30 bits per heavy atom. The van der Waals surface area contributed by atoms with Gasteiger partial charge in [0.15, 0.2) is 0 Å². The summed E-state index contributed by atoms with van der Waals surface area (Å²) in [5.74, 6) is -1.31. The molecule has 5 N–H and O–H groups in total. The van der Waals surface area contributed by atoms with Crippen molar-refractivity contribution in [2.24, 2.45) is 11.7 Å². The average Bonchev–Trinajstić information content (AvgIpc) is 2.89. The third-order valence-electron chi connectivity index (χ3n) is 3.77. The highest BCUT2D eigenvalue weighted by molar-refractivity contribution is 5.88. The fourth-order valence-corrected chi connectivity index (χ4v) is 2.60. The van der Waals surface area contributed by atoms with E-state index in [0.29, 0.717) is 12.8 Å². The molecule has 124 valence electrons. The molecule has 2 rings (SSSR count). The summed E-state index contributed by atoms with van der Waals surface area (Å²) < 4.78 is 0. The molecule has 0 aliphatic heterocycles. The molecule has 1 aromatic carbocycles. The minimum absolute atomic E-state index is 0.168. The Morgan fingerprint density at radius 2 is 2.00 bits per heavy atom. The van der Waals surface area contributed by atoms with Crippen LogP contribution in [0.4, 0.5) is 0 Å². The number of carboxylic acid groups (broad SMARTS) is 1. The Hall–Kier alpha value is -2.34. The van der Waals surface area contributed by atoms with Gasteiger partial charge in [0.05, 0.1) is 6.04 Å². The van der Waals surface area contributed by atoms with Gasteiger partial charge in [-0.05, 0) is 30.4 Å². The van der Waals surface area contributed by atoms with E-state index >= 15 is 0 Å². The lowest BCUT2D eigenvalue weighted by Crippen LogP contribution is -2.49. The summed E-state index contributed by atoms with van der Waals surface area (Å²) in [6, 6.07) is 6.07. The van der Waals surface area contributed by atoms with Crippen molar-refractivity contribution in [1.29, 1.82) is 0 Å². The zero-order chi connectivity index (χ0) is 17.0. The van der Waals surface area contributed by atoms with Gasteiger partial charge in [0.2, 0.25) is 5.91 Å². The van der Waals surface area contributed by atoms with E-state index in [2.05, 4.69) is 10.3 Å². The molecule has 2 atom stereocenters. The number of aromatic nitrogens is 1. The van der Waals surface area contributed by atoms with Crippen molar-refractivity contribution in [3.8, 4) is 0 Å². The van der Waals surface area contributed by atoms with Crippen LogP contribution in [0.1, 0.15) is 25.8 Å². The van der Waals surface area contributed by atoms with Crippen molar-refractivity contribution in [1.82, 2.24) is 10.3 Å². The van der Waals surface area contributed by atoms with Crippen LogP contribution in [0.2, 0.25) is 0 Å². The number of H-pyrrole nitrogens is 1. The van der Waals surface area contributed by atoms with Crippen LogP contribution >= 0.6 is 0 Å². The smallest absolute Gasteiger partial charge is 0.326 e. The number of hydrogen-bond donors (Lipinski definition) is 4. The van der Waals surface area contributed by atoms with E-state index in [9.17, 15) is 14.7 Å². The monoisotopic (exact) mass is 317 g/mol. The number of carbonyl (C=O) groups is 2. The SMILES string of the molecule is CC(C)C[C@@H](NC(=O)[C@H](N)Cc1c[nH]c2ccccc12)C(=O)O. The van der Waals surface area contributed by atoms with E-state index in [0.717, 1.165) is 16.5 Å². The largest absolute Gasteiger partial charge is 0.480 e. The number of amides is 1. The van der Waals surface area contributed by atoms with E-state index in [1.807, 2.05) is 44.3 Å². The molecule has 6 nitrogen and oxygen atoms in total. The summed E-state index contributed by atoms with van der Waals surface area (Å²) >= 11 is 0. The number of aliphatic carboxylic acids is 1. The van der Waals surface area contributed by atoms with E-state index in [-0.39, 0.29) is 5.92 Å². The van der Waals surface area contributed by atoms with Gasteiger partial charge in [-0.2, -0.15) is 0 Å². The van der Waals surface area contributed by atoms with Gasteiger partial charge in [0.1, 0.15) is 6.04 Å². The number of aromatic amines is 1. The van der Waals surface area contributed by atoms with Crippen LogP contribution in [0.3, 0.4) is 0 Å². The highest BCUT2D eigenvalue weighted by Crippen LogP contribution is 2.18. The molecule has 0 radical (unpaired) electrons. The first-order valence-corrected chi connectivity index (χ1v) is 7.72. The Bertz CT molecular complexity index is 693. The summed E-state index contributed by atoms with van der Waals surface area (Å²) in [6.07, 6.45) is 2.56. The molecule has 1 heterocycles. The molecular weight excluding hydrogens is 294 g/mol. The molecule has 0 unspecified atom stereocenters. The first kappa shape index (κ1) is 17.0. The average molecular weight is 317 g/mol. The van der Waals surface area contributed by atoms with E-state index < -0.39 is 24.0 Å². The van der Waals surface area contributed by atoms with Crippen molar-refractivity contribution in [2.45, 2.75) is 38.8 Å². The number of hydrogen-bond acceptors (Lipinski definition) is 3. The maximum Gasteiger partial charge on any atom is 0.326 e. The Labute approximate surface area is 135 Å². The molecule has 0 aliphatic carbocycles. The maximum atomic E-state index is 12.2. The van der Waals surface area contributed by atoms with E-state index in [1.54, 1.807) is 0 Å². The van der Waals surface area contributed by atoms with Gasteiger partial charge in [0, 0.05) is 17.1 Å². The Morgan fingerprint density at radius 3 is 2.65 bits per heavy atom. The molecular formula is C17H23N3O3. The lowest BCUT2D eigenvalue weighted by atomic mass is 10.0. The van der Waals surface area contributed by atoms with Gasteiger partial charge < -0.3 is 21.1 Å². The van der Waals surface area contributed by atoms with Crippen molar-refractivity contribution < 1.29 is 14.7 Å². The van der Waals surface area contributed by atoms with Crippen LogP contribution in [0.15, 0.2) is 30.5 Å². The number of rotatable bonds is 7. The minimum Gasteiger partial charge on any atom is -0.480 e. The molecule has 6 heteroatoms.